The number of hydrogen-bond acceptors (Lipinski definition) is 4. The Balaban J connectivity index is 1.71. The molecule has 3 aromatic rings. The SMILES string of the molecule is C=CC(c1ccc(-c2ccccc2)cc1C(F)(F)F)S(=O)(=O)N(C)C1CCCc2c1cnn2CCC(=O)O. The Morgan fingerprint density at radius 3 is 2.58 bits per heavy atom. The van der Waals surface area contributed by atoms with E-state index in [4.69, 9.17) is 5.11 Å². The maximum atomic E-state index is 14.2. The average molecular weight is 548 g/mol. The van der Waals surface area contributed by atoms with Crippen molar-refractivity contribution < 1.29 is 31.5 Å². The van der Waals surface area contributed by atoms with Gasteiger partial charge in [-0.15, -0.1) is 6.58 Å². The lowest BCUT2D eigenvalue weighted by Crippen LogP contribution is -2.36. The van der Waals surface area contributed by atoms with Crippen molar-refractivity contribution in [3.8, 4) is 11.1 Å². The molecule has 0 radical (unpaired) electrons. The summed E-state index contributed by atoms with van der Waals surface area (Å²) in [7, 11) is -2.99. The fourth-order valence-electron chi connectivity index (χ4n) is 4.99. The molecular weight excluding hydrogens is 519 g/mol. The molecule has 0 fully saturated rings. The van der Waals surface area contributed by atoms with Crippen LogP contribution in [0.2, 0.25) is 0 Å². The molecule has 2 unspecified atom stereocenters. The molecule has 202 valence electrons. The molecule has 1 aromatic heterocycles. The Morgan fingerprint density at radius 1 is 1.24 bits per heavy atom. The first-order chi connectivity index (χ1) is 17.9. The highest BCUT2D eigenvalue weighted by Crippen LogP contribution is 2.43. The third kappa shape index (κ3) is 5.39. The first-order valence-electron chi connectivity index (χ1n) is 12.1. The monoisotopic (exact) mass is 547 g/mol. The van der Waals surface area contributed by atoms with Crippen molar-refractivity contribution >= 4 is 16.0 Å². The van der Waals surface area contributed by atoms with E-state index in [-0.39, 0.29) is 13.0 Å². The standard InChI is InChI=1S/C27H28F3N3O4S/c1-3-25(20-13-12-19(16-22(20)27(28,29)30)18-8-5-4-6-9-18)38(36,37)32(2)23-10-7-11-24-21(23)17-31-33(24)15-14-26(34)35/h3-6,8-9,12-13,16-17,23,25H,1,7,10-11,14-15H2,2H3,(H,34,35). The van der Waals surface area contributed by atoms with Crippen LogP contribution in [-0.2, 0) is 34.0 Å². The van der Waals surface area contributed by atoms with Crippen molar-refractivity contribution in [3.63, 3.8) is 0 Å². The van der Waals surface area contributed by atoms with Gasteiger partial charge in [0.15, 0.2) is 0 Å². The van der Waals surface area contributed by atoms with Gasteiger partial charge in [-0.2, -0.15) is 22.6 Å². The van der Waals surface area contributed by atoms with Crippen molar-refractivity contribution in [1.29, 1.82) is 0 Å². The molecule has 1 N–H and O–H groups in total. The summed E-state index contributed by atoms with van der Waals surface area (Å²) >= 11 is 0. The van der Waals surface area contributed by atoms with Crippen LogP contribution in [0.3, 0.4) is 0 Å². The maximum Gasteiger partial charge on any atom is 0.416 e. The van der Waals surface area contributed by atoms with E-state index in [0.29, 0.717) is 36.0 Å². The lowest BCUT2D eigenvalue weighted by atomic mass is 9.93. The first-order valence-corrected chi connectivity index (χ1v) is 13.6. The summed E-state index contributed by atoms with van der Waals surface area (Å²) in [5.41, 5.74) is 0.836. The normalized spacial score (nSPS) is 16.7. The van der Waals surface area contributed by atoms with E-state index in [2.05, 4.69) is 11.7 Å². The number of carboxylic acid groups (broad SMARTS) is 1. The molecule has 2 aromatic carbocycles. The van der Waals surface area contributed by atoms with Crippen molar-refractivity contribution in [3.05, 3.63) is 89.8 Å². The second-order valence-electron chi connectivity index (χ2n) is 9.20. The average Bonchev–Trinajstić information content (AvgIpc) is 3.30. The molecule has 38 heavy (non-hydrogen) atoms. The number of benzene rings is 2. The highest BCUT2D eigenvalue weighted by molar-refractivity contribution is 7.89. The van der Waals surface area contributed by atoms with Crippen molar-refractivity contribution in [1.82, 2.24) is 14.1 Å². The quantitative estimate of drug-likeness (QED) is 0.352. The van der Waals surface area contributed by atoms with Crippen molar-refractivity contribution in [2.45, 2.75) is 49.7 Å². The van der Waals surface area contributed by atoms with E-state index >= 15 is 0 Å². The van der Waals surface area contributed by atoms with Gasteiger partial charge in [-0.05, 0) is 42.0 Å². The highest BCUT2D eigenvalue weighted by Gasteiger charge is 2.42. The number of rotatable bonds is 9. The van der Waals surface area contributed by atoms with Crippen LogP contribution in [0.5, 0.6) is 0 Å². The van der Waals surface area contributed by atoms with Crippen LogP contribution in [0.4, 0.5) is 13.2 Å². The Hall–Kier alpha value is -3.44. The lowest BCUT2D eigenvalue weighted by Gasteiger charge is -2.33. The van der Waals surface area contributed by atoms with E-state index in [0.717, 1.165) is 22.1 Å². The zero-order chi connectivity index (χ0) is 27.7. The van der Waals surface area contributed by atoms with Crippen molar-refractivity contribution in [2.24, 2.45) is 0 Å². The van der Waals surface area contributed by atoms with Gasteiger partial charge in [-0.1, -0.05) is 48.5 Å². The third-order valence-electron chi connectivity index (χ3n) is 6.92. The second kappa shape index (κ2) is 10.7. The fourth-order valence-corrected chi connectivity index (χ4v) is 6.69. The van der Waals surface area contributed by atoms with E-state index in [1.165, 1.54) is 25.4 Å². The molecule has 0 amide bonds. The minimum Gasteiger partial charge on any atom is -0.481 e. The van der Waals surface area contributed by atoms with Gasteiger partial charge in [-0.25, -0.2) is 8.42 Å². The third-order valence-corrected chi connectivity index (χ3v) is 9.06. The minimum absolute atomic E-state index is 0.134. The number of carboxylic acids is 1. The van der Waals surface area contributed by atoms with Gasteiger partial charge in [0.25, 0.3) is 0 Å². The number of sulfonamides is 1. The molecule has 2 atom stereocenters. The molecule has 4 rings (SSSR count). The number of halogens is 3. The molecule has 0 bridgehead atoms. The van der Waals surface area contributed by atoms with Gasteiger partial charge in [0.1, 0.15) is 5.25 Å². The van der Waals surface area contributed by atoms with Gasteiger partial charge in [-0.3, -0.25) is 9.48 Å². The largest absolute Gasteiger partial charge is 0.481 e. The number of carbonyl (C=O) groups is 1. The first kappa shape index (κ1) is 27.6. The number of aromatic nitrogens is 2. The predicted octanol–water partition coefficient (Wildman–Crippen LogP) is 5.61. The molecule has 0 saturated carbocycles. The Bertz CT molecular complexity index is 1440. The smallest absolute Gasteiger partial charge is 0.416 e. The fraction of sp³-hybridized carbons (Fsp3) is 0.333. The molecule has 0 aliphatic heterocycles. The van der Waals surface area contributed by atoms with Gasteiger partial charge >= 0.3 is 12.1 Å². The van der Waals surface area contributed by atoms with Crippen LogP contribution < -0.4 is 0 Å². The molecule has 1 aliphatic rings. The molecule has 1 aliphatic carbocycles. The van der Waals surface area contributed by atoms with Crippen LogP contribution >= 0.6 is 0 Å². The molecule has 7 nitrogen and oxygen atoms in total. The summed E-state index contributed by atoms with van der Waals surface area (Å²) in [6.07, 6.45) is -0.706. The topological polar surface area (TPSA) is 92.5 Å². The van der Waals surface area contributed by atoms with Crippen LogP contribution in [0.25, 0.3) is 11.1 Å². The Morgan fingerprint density at radius 2 is 1.95 bits per heavy atom. The highest BCUT2D eigenvalue weighted by atomic mass is 32.2. The van der Waals surface area contributed by atoms with E-state index in [1.54, 1.807) is 35.0 Å². The maximum absolute atomic E-state index is 14.2. The minimum atomic E-state index is -4.79. The van der Waals surface area contributed by atoms with Crippen LogP contribution in [0.1, 0.15) is 52.9 Å². The lowest BCUT2D eigenvalue weighted by molar-refractivity contribution is -0.138. The number of nitrogens with zero attached hydrogens (tertiary/aromatic N) is 3. The van der Waals surface area contributed by atoms with Gasteiger partial charge in [0, 0.05) is 18.3 Å². The molecular formula is C27H28F3N3O4S. The van der Waals surface area contributed by atoms with Gasteiger partial charge in [0.2, 0.25) is 10.0 Å². The van der Waals surface area contributed by atoms with Crippen LogP contribution in [-0.4, -0.2) is 40.6 Å². The summed E-state index contributed by atoms with van der Waals surface area (Å²) in [5.74, 6) is -0.978. The van der Waals surface area contributed by atoms with Gasteiger partial charge in [0.05, 0.1) is 30.8 Å². The number of alkyl halides is 3. The number of aliphatic carboxylic acids is 1. The van der Waals surface area contributed by atoms with E-state index in [9.17, 15) is 26.4 Å². The Kier molecular flexibility index (Phi) is 7.80. The number of hydrogen-bond donors (Lipinski definition) is 1. The Labute approximate surface area is 219 Å². The van der Waals surface area contributed by atoms with Crippen LogP contribution in [0.15, 0.2) is 67.4 Å². The molecule has 0 saturated heterocycles. The molecule has 1 heterocycles. The molecule has 11 heteroatoms. The summed E-state index contributed by atoms with van der Waals surface area (Å²) in [5, 5.41) is 11.6. The number of fused-ring (bicyclic) bond motifs is 1. The summed E-state index contributed by atoms with van der Waals surface area (Å²) in [4.78, 5) is 11.0. The zero-order valence-corrected chi connectivity index (χ0v) is 21.5. The number of aryl methyl sites for hydroxylation is 1. The second-order valence-corrected chi connectivity index (χ2v) is 11.3. The molecule has 0 spiro atoms. The zero-order valence-electron chi connectivity index (χ0n) is 20.7. The van der Waals surface area contributed by atoms with Crippen molar-refractivity contribution in [2.75, 3.05) is 7.05 Å². The van der Waals surface area contributed by atoms with Gasteiger partial charge < -0.3 is 5.11 Å². The summed E-state index contributed by atoms with van der Waals surface area (Å²) in [6.45, 7) is 3.72. The van der Waals surface area contributed by atoms with E-state index in [1.807, 2.05) is 0 Å². The van der Waals surface area contributed by atoms with E-state index < -0.39 is 44.6 Å². The summed E-state index contributed by atoms with van der Waals surface area (Å²) < 4.78 is 72.9. The van der Waals surface area contributed by atoms with Crippen LogP contribution in [0, 0.1) is 0 Å². The predicted molar refractivity (Wildman–Crippen MR) is 137 cm³/mol. The summed E-state index contributed by atoms with van der Waals surface area (Å²) in [6, 6.07) is 11.6.